The van der Waals surface area contributed by atoms with E-state index >= 15 is 0 Å². The summed E-state index contributed by atoms with van der Waals surface area (Å²) < 4.78 is 29.9. The van der Waals surface area contributed by atoms with Crippen LogP contribution in [0.25, 0.3) is 0 Å². The van der Waals surface area contributed by atoms with Crippen molar-refractivity contribution in [3.8, 4) is 5.75 Å². The second-order valence-electron chi connectivity index (χ2n) is 7.43. The Labute approximate surface area is 176 Å². The van der Waals surface area contributed by atoms with Crippen molar-refractivity contribution in [3.63, 3.8) is 0 Å². The molecule has 29 heavy (non-hydrogen) atoms. The van der Waals surface area contributed by atoms with Crippen LogP contribution in [-0.4, -0.2) is 37.5 Å². The number of hydrogen-bond acceptors (Lipinski definition) is 5. The summed E-state index contributed by atoms with van der Waals surface area (Å²) in [5, 5.41) is 0.689. The Hall–Kier alpha value is -1.89. The molecule has 0 N–H and O–H groups in total. The van der Waals surface area contributed by atoms with Gasteiger partial charge in [0.25, 0.3) is 0 Å². The molecular weight excluding hydrogens is 392 g/mol. The van der Waals surface area contributed by atoms with Gasteiger partial charge in [0.2, 0.25) is 0 Å². The van der Waals surface area contributed by atoms with E-state index in [2.05, 4.69) is 6.58 Å². The Kier molecular flexibility index (Phi) is 5.95. The predicted octanol–water partition coefficient (Wildman–Crippen LogP) is 4.52. The van der Waals surface area contributed by atoms with E-state index < -0.39 is 12.1 Å². The van der Waals surface area contributed by atoms with Gasteiger partial charge in [-0.25, -0.2) is 0 Å². The number of rotatable bonds is 7. The zero-order valence-corrected chi connectivity index (χ0v) is 17.3. The third kappa shape index (κ3) is 4.34. The maximum Gasteiger partial charge on any atom is 0.190 e. The van der Waals surface area contributed by atoms with Crippen molar-refractivity contribution in [2.75, 3.05) is 7.11 Å². The number of methoxy groups -OCH3 is 1. The zero-order chi connectivity index (χ0) is 20.4. The lowest BCUT2D eigenvalue weighted by molar-refractivity contribution is -0.222. The standard InChI is InChI=1S/C23H25ClO5/c1-4-19-20(26-14-15-8-7-10-17(12-15)25-3)21-22(27-19)29-23(2,28-21)13-16-9-5-6-11-18(16)24/h4-12,19-22H,1,13-14H2,2-3H3/t19-,20+,21-,22-,23?/m1/s1. The summed E-state index contributed by atoms with van der Waals surface area (Å²) in [5.41, 5.74) is 1.97. The topological polar surface area (TPSA) is 46.2 Å². The molecule has 4 rings (SSSR count). The zero-order valence-electron chi connectivity index (χ0n) is 16.5. The second-order valence-corrected chi connectivity index (χ2v) is 7.84. The average molecular weight is 417 g/mol. The van der Waals surface area contributed by atoms with E-state index in [1.165, 1.54) is 0 Å². The van der Waals surface area contributed by atoms with Gasteiger partial charge in [-0.15, -0.1) is 6.58 Å². The number of ether oxygens (including phenoxy) is 5. The smallest absolute Gasteiger partial charge is 0.190 e. The summed E-state index contributed by atoms with van der Waals surface area (Å²) in [6, 6.07) is 15.5. The SMILES string of the molecule is C=C[C@H]1O[C@@H]2OC(C)(Cc3ccccc3Cl)O[C@@H]2[C@H]1OCc1cccc(OC)c1. The molecule has 2 aromatic rings. The molecule has 0 spiro atoms. The quantitative estimate of drug-likeness (QED) is 0.621. The van der Waals surface area contributed by atoms with Crippen molar-refractivity contribution in [2.24, 2.45) is 0 Å². The first-order valence-corrected chi connectivity index (χ1v) is 10.0. The molecule has 0 amide bonds. The molecule has 5 atom stereocenters. The maximum absolute atomic E-state index is 6.31. The molecular formula is C23H25ClO5. The highest BCUT2D eigenvalue weighted by Gasteiger charge is 2.56. The van der Waals surface area contributed by atoms with Gasteiger partial charge in [0.1, 0.15) is 24.1 Å². The highest BCUT2D eigenvalue weighted by atomic mass is 35.5. The highest BCUT2D eigenvalue weighted by molar-refractivity contribution is 6.31. The largest absolute Gasteiger partial charge is 0.497 e. The highest BCUT2D eigenvalue weighted by Crippen LogP contribution is 2.41. The molecule has 0 aliphatic carbocycles. The minimum absolute atomic E-state index is 0.305. The van der Waals surface area contributed by atoms with Crippen molar-refractivity contribution in [2.45, 2.75) is 50.3 Å². The van der Waals surface area contributed by atoms with Gasteiger partial charge in [-0.05, 0) is 36.2 Å². The van der Waals surface area contributed by atoms with Gasteiger partial charge in [0, 0.05) is 11.4 Å². The number of hydrogen-bond donors (Lipinski definition) is 0. The summed E-state index contributed by atoms with van der Waals surface area (Å²) in [6.07, 6.45) is 0.756. The minimum atomic E-state index is -0.843. The van der Waals surface area contributed by atoms with Gasteiger partial charge in [-0.3, -0.25) is 0 Å². The van der Waals surface area contributed by atoms with Crippen LogP contribution in [0.2, 0.25) is 5.02 Å². The van der Waals surface area contributed by atoms with Gasteiger partial charge >= 0.3 is 0 Å². The van der Waals surface area contributed by atoms with E-state index in [0.29, 0.717) is 18.1 Å². The fourth-order valence-corrected chi connectivity index (χ4v) is 4.04. The molecule has 2 aliphatic rings. The van der Waals surface area contributed by atoms with Gasteiger partial charge in [0.15, 0.2) is 12.1 Å². The number of benzene rings is 2. The molecule has 6 heteroatoms. The summed E-state index contributed by atoms with van der Waals surface area (Å²) in [7, 11) is 1.65. The Morgan fingerprint density at radius 2 is 2.00 bits per heavy atom. The van der Waals surface area contributed by atoms with Crippen LogP contribution in [0.5, 0.6) is 5.75 Å². The van der Waals surface area contributed by atoms with Crippen LogP contribution < -0.4 is 4.74 Å². The summed E-state index contributed by atoms with van der Waals surface area (Å²) >= 11 is 6.31. The molecule has 154 valence electrons. The maximum atomic E-state index is 6.31. The van der Waals surface area contributed by atoms with Crippen LogP contribution in [0.4, 0.5) is 0 Å². The first-order chi connectivity index (χ1) is 14.0. The van der Waals surface area contributed by atoms with Gasteiger partial charge < -0.3 is 23.7 Å². The lowest BCUT2D eigenvalue weighted by Crippen LogP contribution is -2.38. The van der Waals surface area contributed by atoms with Crippen LogP contribution in [0, 0.1) is 0 Å². The van der Waals surface area contributed by atoms with E-state index in [0.717, 1.165) is 16.9 Å². The molecule has 2 aliphatic heterocycles. The monoisotopic (exact) mass is 416 g/mol. The van der Waals surface area contributed by atoms with E-state index in [-0.39, 0.29) is 18.3 Å². The lowest BCUT2D eigenvalue weighted by atomic mass is 10.1. The van der Waals surface area contributed by atoms with Crippen LogP contribution in [0.15, 0.2) is 61.2 Å². The average Bonchev–Trinajstić information content (AvgIpc) is 3.21. The molecule has 2 fully saturated rings. The fourth-order valence-electron chi connectivity index (χ4n) is 3.84. The summed E-state index contributed by atoms with van der Waals surface area (Å²) in [5.74, 6) is -0.0518. The normalized spacial score (nSPS) is 30.9. The van der Waals surface area contributed by atoms with E-state index in [1.54, 1.807) is 13.2 Å². The Bertz CT molecular complexity index is 872. The van der Waals surface area contributed by atoms with Crippen molar-refractivity contribution in [1.82, 2.24) is 0 Å². The second kappa shape index (κ2) is 8.46. The number of fused-ring (bicyclic) bond motifs is 1. The first kappa shape index (κ1) is 20.4. The predicted molar refractivity (Wildman–Crippen MR) is 110 cm³/mol. The van der Waals surface area contributed by atoms with E-state index in [4.69, 9.17) is 35.3 Å². The molecule has 2 aromatic carbocycles. The van der Waals surface area contributed by atoms with Crippen LogP contribution >= 0.6 is 11.6 Å². The molecule has 0 radical (unpaired) electrons. The van der Waals surface area contributed by atoms with Crippen LogP contribution in [0.1, 0.15) is 18.1 Å². The lowest BCUT2D eigenvalue weighted by Gasteiger charge is -2.28. The van der Waals surface area contributed by atoms with Gasteiger partial charge in [0.05, 0.1) is 13.7 Å². The van der Waals surface area contributed by atoms with Crippen LogP contribution in [-0.2, 0) is 32.0 Å². The number of halogens is 1. The first-order valence-electron chi connectivity index (χ1n) is 9.63. The Balaban J connectivity index is 1.45. The van der Waals surface area contributed by atoms with Crippen LogP contribution in [0.3, 0.4) is 0 Å². The van der Waals surface area contributed by atoms with E-state index in [9.17, 15) is 0 Å². The summed E-state index contributed by atoms with van der Waals surface area (Å²) in [6.45, 7) is 6.17. The summed E-state index contributed by atoms with van der Waals surface area (Å²) in [4.78, 5) is 0. The van der Waals surface area contributed by atoms with Crippen molar-refractivity contribution in [3.05, 3.63) is 77.3 Å². The molecule has 5 nitrogen and oxygen atoms in total. The molecule has 1 unspecified atom stereocenters. The van der Waals surface area contributed by atoms with Gasteiger partial charge in [-0.2, -0.15) is 0 Å². The third-order valence-electron chi connectivity index (χ3n) is 5.24. The molecule has 0 saturated carbocycles. The third-order valence-corrected chi connectivity index (χ3v) is 5.60. The molecule has 2 heterocycles. The Morgan fingerprint density at radius 1 is 1.17 bits per heavy atom. The van der Waals surface area contributed by atoms with Crippen molar-refractivity contribution in [1.29, 1.82) is 0 Å². The van der Waals surface area contributed by atoms with E-state index in [1.807, 2.05) is 55.5 Å². The minimum Gasteiger partial charge on any atom is -0.497 e. The molecule has 0 bridgehead atoms. The van der Waals surface area contributed by atoms with Crippen molar-refractivity contribution < 1.29 is 23.7 Å². The molecule has 0 aromatic heterocycles. The molecule has 2 saturated heterocycles. The fraction of sp³-hybridized carbons (Fsp3) is 0.391. The van der Waals surface area contributed by atoms with Gasteiger partial charge in [-0.1, -0.05) is 48.0 Å². The Morgan fingerprint density at radius 3 is 2.76 bits per heavy atom. The van der Waals surface area contributed by atoms with Crippen molar-refractivity contribution >= 4 is 11.6 Å².